The number of nitrogens with zero attached hydrogens (tertiary/aromatic N) is 1. The zero-order valence-corrected chi connectivity index (χ0v) is 8.24. The topological polar surface area (TPSA) is 42.2 Å². The minimum Gasteiger partial charge on any atom is -0.481 e. The van der Waals surface area contributed by atoms with E-state index >= 15 is 0 Å². The lowest BCUT2D eigenvalue weighted by Crippen LogP contribution is -1.98. The van der Waals surface area contributed by atoms with E-state index < -0.39 is 5.97 Å². The molecule has 2 rings (SSSR count). The molecule has 0 saturated carbocycles. The van der Waals surface area contributed by atoms with E-state index in [0.717, 1.165) is 16.5 Å². The van der Waals surface area contributed by atoms with Gasteiger partial charge in [-0.2, -0.15) is 0 Å². The molecule has 0 aliphatic carbocycles. The average molecular weight is 207 g/mol. The van der Waals surface area contributed by atoms with E-state index in [9.17, 15) is 4.79 Å². The number of hydrogen-bond acceptors (Lipinski definition) is 2. The number of carboxylic acid groups (broad SMARTS) is 1. The third kappa shape index (κ3) is 1.48. The summed E-state index contributed by atoms with van der Waals surface area (Å²) in [7, 11) is 0. The van der Waals surface area contributed by atoms with E-state index in [1.165, 1.54) is 0 Å². The Labute approximate surface area is 86.5 Å². The molecule has 14 heavy (non-hydrogen) atoms. The van der Waals surface area contributed by atoms with Gasteiger partial charge in [0.25, 0.3) is 0 Å². The normalized spacial score (nSPS) is 10.6. The van der Waals surface area contributed by atoms with E-state index in [1.807, 2.05) is 24.3 Å². The number of aliphatic carboxylic acids is 1. The fourth-order valence-corrected chi connectivity index (χ4v) is 1.85. The maximum Gasteiger partial charge on any atom is 0.307 e. The van der Waals surface area contributed by atoms with Crippen molar-refractivity contribution in [1.82, 2.24) is 3.97 Å². The SMILES string of the molecule is O=C(O)Cc1cn(S)c2ccccc12. The van der Waals surface area contributed by atoms with Gasteiger partial charge in [0.2, 0.25) is 0 Å². The lowest BCUT2D eigenvalue weighted by Gasteiger charge is -1.93. The second-order valence-corrected chi connectivity index (χ2v) is 3.52. The number of rotatable bonds is 2. The maximum absolute atomic E-state index is 10.6. The number of thiol groups is 1. The summed E-state index contributed by atoms with van der Waals surface area (Å²) in [6.45, 7) is 0. The maximum atomic E-state index is 10.6. The van der Waals surface area contributed by atoms with Crippen molar-refractivity contribution in [3.8, 4) is 0 Å². The molecule has 0 saturated heterocycles. The van der Waals surface area contributed by atoms with Crippen molar-refractivity contribution in [2.45, 2.75) is 6.42 Å². The Morgan fingerprint density at radius 3 is 2.86 bits per heavy atom. The Hall–Kier alpha value is -1.42. The molecule has 0 aliphatic heterocycles. The first-order valence-corrected chi connectivity index (χ1v) is 4.58. The standard InChI is InChI=1S/C10H9NO2S/c12-10(13)5-7-6-11(14)9-4-2-1-3-8(7)9/h1-4,6,14H,5H2,(H,12,13). The van der Waals surface area contributed by atoms with Gasteiger partial charge >= 0.3 is 5.97 Å². The molecule has 0 spiro atoms. The van der Waals surface area contributed by atoms with Gasteiger partial charge in [-0.05, 0) is 11.6 Å². The summed E-state index contributed by atoms with van der Waals surface area (Å²) in [5.74, 6) is -0.824. The second-order valence-electron chi connectivity index (χ2n) is 3.09. The number of aromatic nitrogens is 1. The van der Waals surface area contributed by atoms with Crippen molar-refractivity contribution in [3.63, 3.8) is 0 Å². The van der Waals surface area contributed by atoms with Crippen molar-refractivity contribution in [2.75, 3.05) is 0 Å². The lowest BCUT2D eigenvalue weighted by atomic mass is 10.1. The molecule has 1 N–H and O–H groups in total. The predicted molar refractivity (Wildman–Crippen MR) is 57.7 cm³/mol. The predicted octanol–water partition coefficient (Wildman–Crippen LogP) is 1.96. The first kappa shape index (κ1) is 9.15. The molecule has 0 unspecified atom stereocenters. The summed E-state index contributed by atoms with van der Waals surface area (Å²) in [5.41, 5.74) is 1.73. The van der Waals surface area contributed by atoms with Gasteiger partial charge in [0.15, 0.2) is 0 Å². The molecule has 0 bridgehead atoms. The van der Waals surface area contributed by atoms with Gasteiger partial charge in [-0.25, -0.2) is 0 Å². The third-order valence-electron chi connectivity index (χ3n) is 2.12. The molecular weight excluding hydrogens is 198 g/mol. The smallest absolute Gasteiger partial charge is 0.307 e. The van der Waals surface area contributed by atoms with Crippen LogP contribution in [0, 0.1) is 0 Å². The van der Waals surface area contributed by atoms with E-state index in [1.54, 1.807) is 10.2 Å². The highest BCUT2D eigenvalue weighted by atomic mass is 32.1. The van der Waals surface area contributed by atoms with Gasteiger partial charge in [0.05, 0.1) is 11.9 Å². The van der Waals surface area contributed by atoms with Crippen LogP contribution >= 0.6 is 12.8 Å². The molecular formula is C10H9NO2S. The number of hydrogen-bond donors (Lipinski definition) is 2. The molecule has 1 heterocycles. The van der Waals surface area contributed by atoms with Crippen LogP contribution in [0.1, 0.15) is 5.56 Å². The van der Waals surface area contributed by atoms with Gasteiger partial charge in [0.1, 0.15) is 0 Å². The fraction of sp³-hybridized carbons (Fsp3) is 0.100. The minimum atomic E-state index is -0.824. The fourth-order valence-electron chi connectivity index (χ4n) is 1.54. The van der Waals surface area contributed by atoms with Gasteiger partial charge < -0.3 is 5.11 Å². The molecule has 0 aliphatic rings. The zero-order valence-electron chi connectivity index (χ0n) is 7.34. The van der Waals surface area contributed by atoms with Crippen LogP contribution in [-0.4, -0.2) is 15.0 Å². The molecule has 0 amide bonds. The van der Waals surface area contributed by atoms with Crippen molar-refractivity contribution >= 4 is 29.7 Å². The first-order chi connectivity index (χ1) is 6.68. The second kappa shape index (κ2) is 3.38. The summed E-state index contributed by atoms with van der Waals surface area (Å²) >= 11 is 4.22. The molecule has 0 fully saturated rings. The van der Waals surface area contributed by atoms with Gasteiger partial charge in [-0.15, -0.1) is 0 Å². The number of carboxylic acids is 1. The Balaban J connectivity index is 2.60. The Morgan fingerprint density at radius 1 is 1.43 bits per heavy atom. The molecule has 0 atom stereocenters. The van der Waals surface area contributed by atoms with Crippen LogP contribution < -0.4 is 0 Å². The molecule has 1 aromatic heterocycles. The van der Waals surface area contributed by atoms with Crippen molar-refractivity contribution in [1.29, 1.82) is 0 Å². The Bertz CT molecular complexity index is 490. The lowest BCUT2D eigenvalue weighted by molar-refractivity contribution is -0.136. The van der Waals surface area contributed by atoms with E-state index in [4.69, 9.17) is 5.11 Å². The molecule has 4 heteroatoms. The quantitative estimate of drug-likeness (QED) is 0.739. The molecule has 3 nitrogen and oxygen atoms in total. The number of para-hydroxylation sites is 1. The summed E-state index contributed by atoms with van der Waals surface area (Å²) < 4.78 is 1.65. The molecule has 1 aromatic carbocycles. The van der Waals surface area contributed by atoms with Crippen molar-refractivity contribution < 1.29 is 9.90 Å². The number of benzene rings is 1. The van der Waals surface area contributed by atoms with Crippen LogP contribution in [0.4, 0.5) is 0 Å². The van der Waals surface area contributed by atoms with Crippen LogP contribution in [0.15, 0.2) is 30.5 Å². The highest BCUT2D eigenvalue weighted by Crippen LogP contribution is 2.22. The van der Waals surface area contributed by atoms with Gasteiger partial charge in [0, 0.05) is 11.6 Å². The molecule has 72 valence electrons. The summed E-state index contributed by atoms with van der Waals surface area (Å²) in [5, 5.41) is 9.65. The van der Waals surface area contributed by atoms with Crippen LogP contribution in [0.3, 0.4) is 0 Å². The highest BCUT2D eigenvalue weighted by molar-refractivity contribution is 7.78. The summed E-state index contributed by atoms with van der Waals surface area (Å²) in [6, 6.07) is 7.61. The monoisotopic (exact) mass is 207 g/mol. The van der Waals surface area contributed by atoms with Gasteiger partial charge in [-0.1, -0.05) is 31.0 Å². The molecule has 2 aromatic rings. The van der Waals surface area contributed by atoms with E-state index in [0.29, 0.717) is 0 Å². The third-order valence-corrected chi connectivity index (χ3v) is 2.45. The largest absolute Gasteiger partial charge is 0.481 e. The highest BCUT2D eigenvalue weighted by Gasteiger charge is 2.08. The first-order valence-electron chi connectivity index (χ1n) is 4.18. The minimum absolute atomic E-state index is 0.0358. The average Bonchev–Trinajstić information content (AvgIpc) is 2.44. The van der Waals surface area contributed by atoms with Crippen LogP contribution in [0.2, 0.25) is 0 Å². The van der Waals surface area contributed by atoms with Crippen LogP contribution in [0.25, 0.3) is 10.9 Å². The zero-order chi connectivity index (χ0) is 10.1. The van der Waals surface area contributed by atoms with Gasteiger partial charge in [-0.3, -0.25) is 8.77 Å². The Morgan fingerprint density at radius 2 is 2.14 bits per heavy atom. The number of carbonyl (C=O) groups is 1. The summed E-state index contributed by atoms with van der Waals surface area (Å²) in [6.07, 6.45) is 1.77. The van der Waals surface area contributed by atoms with E-state index in [2.05, 4.69) is 12.8 Å². The van der Waals surface area contributed by atoms with Crippen LogP contribution in [0.5, 0.6) is 0 Å². The van der Waals surface area contributed by atoms with Crippen molar-refractivity contribution in [3.05, 3.63) is 36.0 Å². The molecule has 0 radical (unpaired) electrons. The van der Waals surface area contributed by atoms with E-state index in [-0.39, 0.29) is 6.42 Å². The van der Waals surface area contributed by atoms with Crippen LogP contribution in [-0.2, 0) is 11.2 Å². The Kier molecular flexibility index (Phi) is 2.21. The summed E-state index contributed by atoms with van der Waals surface area (Å²) in [4.78, 5) is 10.6. The number of fused-ring (bicyclic) bond motifs is 1. The van der Waals surface area contributed by atoms with Crippen molar-refractivity contribution in [2.24, 2.45) is 0 Å².